The predicted octanol–water partition coefficient (Wildman–Crippen LogP) is 3.77. The fourth-order valence-electron chi connectivity index (χ4n) is 1.75. The molecule has 108 valence electrons. The van der Waals surface area contributed by atoms with Gasteiger partial charge in [-0.3, -0.25) is 20.2 Å². The van der Waals surface area contributed by atoms with Gasteiger partial charge in [-0.1, -0.05) is 11.6 Å². The Morgan fingerprint density at radius 3 is 2.24 bits per heavy atom. The van der Waals surface area contributed by atoms with Gasteiger partial charge in [0, 0.05) is 28.9 Å². The van der Waals surface area contributed by atoms with E-state index in [0.29, 0.717) is 10.6 Å². The molecule has 0 aliphatic heterocycles. The lowest BCUT2D eigenvalue weighted by atomic mass is 10.1. The number of nitrogens with zero attached hydrogens (tertiary/aromatic N) is 2. The third-order valence-electron chi connectivity index (χ3n) is 2.80. The lowest BCUT2D eigenvalue weighted by Crippen LogP contribution is -2.03. The van der Waals surface area contributed by atoms with Crippen LogP contribution in [0.25, 0.3) is 0 Å². The first-order valence-corrected chi connectivity index (χ1v) is 6.26. The second-order valence-corrected chi connectivity index (χ2v) is 4.62. The van der Waals surface area contributed by atoms with Crippen LogP contribution in [0.3, 0.4) is 0 Å². The molecular formula is C13H10ClN3O4. The zero-order chi connectivity index (χ0) is 15.4. The molecule has 0 aromatic heterocycles. The van der Waals surface area contributed by atoms with Gasteiger partial charge in [-0.25, -0.2) is 0 Å². The molecule has 0 bridgehead atoms. The number of nitro groups is 2. The highest BCUT2D eigenvalue weighted by Crippen LogP contribution is 2.25. The highest BCUT2D eigenvalue weighted by molar-refractivity contribution is 6.30. The standard InChI is InChI=1S/C13H10ClN3O4/c14-10-2-4-11(5-3-10)15-8-9-1-6-12(16(18)19)7-13(9)17(20)21/h1-7,15H,8H2. The molecule has 0 saturated heterocycles. The Bertz CT molecular complexity index is 688. The van der Waals surface area contributed by atoms with Crippen LogP contribution in [0.5, 0.6) is 0 Å². The maximum Gasteiger partial charge on any atom is 0.281 e. The Morgan fingerprint density at radius 1 is 1.00 bits per heavy atom. The summed E-state index contributed by atoms with van der Waals surface area (Å²) in [4.78, 5) is 20.3. The van der Waals surface area contributed by atoms with Crippen LogP contribution in [0, 0.1) is 20.2 Å². The number of hydrogen-bond acceptors (Lipinski definition) is 5. The molecule has 7 nitrogen and oxygen atoms in total. The normalized spacial score (nSPS) is 10.1. The van der Waals surface area contributed by atoms with Gasteiger partial charge in [0.2, 0.25) is 0 Å². The van der Waals surface area contributed by atoms with Crippen molar-refractivity contribution in [2.45, 2.75) is 6.54 Å². The first-order chi connectivity index (χ1) is 9.97. The molecule has 0 fully saturated rings. The number of nitrogens with one attached hydrogen (secondary N) is 1. The van der Waals surface area contributed by atoms with Crippen LogP contribution in [0.1, 0.15) is 5.56 Å². The number of non-ortho nitro benzene ring substituents is 1. The second-order valence-electron chi connectivity index (χ2n) is 4.19. The summed E-state index contributed by atoms with van der Waals surface area (Å²) in [5, 5.41) is 25.2. The van der Waals surface area contributed by atoms with E-state index in [0.717, 1.165) is 11.8 Å². The molecule has 2 aromatic carbocycles. The number of hydrogen-bond donors (Lipinski definition) is 1. The van der Waals surface area contributed by atoms with Crippen molar-refractivity contribution < 1.29 is 9.85 Å². The summed E-state index contributed by atoms with van der Waals surface area (Å²) in [7, 11) is 0. The zero-order valence-corrected chi connectivity index (χ0v) is 11.4. The third kappa shape index (κ3) is 3.67. The van der Waals surface area contributed by atoms with E-state index in [1.54, 1.807) is 24.3 Å². The van der Waals surface area contributed by atoms with Gasteiger partial charge in [0.25, 0.3) is 11.4 Å². The Morgan fingerprint density at radius 2 is 1.67 bits per heavy atom. The molecule has 0 aliphatic rings. The average molecular weight is 308 g/mol. The lowest BCUT2D eigenvalue weighted by Gasteiger charge is -2.07. The fourth-order valence-corrected chi connectivity index (χ4v) is 1.88. The Labute approximate surface area is 124 Å². The lowest BCUT2D eigenvalue weighted by molar-refractivity contribution is -0.394. The molecule has 0 aliphatic carbocycles. The molecular weight excluding hydrogens is 298 g/mol. The van der Waals surface area contributed by atoms with Gasteiger partial charge in [0.05, 0.1) is 15.9 Å². The van der Waals surface area contributed by atoms with Crippen LogP contribution in [-0.2, 0) is 6.54 Å². The van der Waals surface area contributed by atoms with Crippen molar-refractivity contribution in [3.05, 3.63) is 73.3 Å². The number of rotatable bonds is 5. The van der Waals surface area contributed by atoms with Crippen molar-refractivity contribution in [1.29, 1.82) is 0 Å². The molecule has 1 N–H and O–H groups in total. The van der Waals surface area contributed by atoms with E-state index in [1.807, 2.05) is 0 Å². The van der Waals surface area contributed by atoms with Gasteiger partial charge in [0.15, 0.2) is 0 Å². The van der Waals surface area contributed by atoms with Crippen LogP contribution < -0.4 is 5.32 Å². The number of halogens is 1. The third-order valence-corrected chi connectivity index (χ3v) is 3.06. The molecule has 2 aromatic rings. The summed E-state index contributed by atoms with van der Waals surface area (Å²) in [5.41, 5.74) is 0.509. The summed E-state index contributed by atoms with van der Waals surface area (Å²) in [6.07, 6.45) is 0. The molecule has 21 heavy (non-hydrogen) atoms. The van der Waals surface area contributed by atoms with Gasteiger partial charge in [-0.05, 0) is 30.3 Å². The van der Waals surface area contributed by atoms with Gasteiger partial charge >= 0.3 is 0 Å². The SMILES string of the molecule is O=[N+]([O-])c1ccc(CNc2ccc(Cl)cc2)c([N+](=O)[O-])c1. The minimum Gasteiger partial charge on any atom is -0.381 e. The second kappa shape index (κ2) is 6.19. The molecule has 0 radical (unpaired) electrons. The Balaban J connectivity index is 2.21. The molecule has 0 spiro atoms. The summed E-state index contributed by atoms with van der Waals surface area (Å²) >= 11 is 5.76. The predicted molar refractivity (Wildman–Crippen MR) is 78.5 cm³/mol. The summed E-state index contributed by atoms with van der Waals surface area (Å²) in [6.45, 7) is 0.177. The average Bonchev–Trinajstić information content (AvgIpc) is 2.46. The Hall–Kier alpha value is -2.67. The maximum atomic E-state index is 11.0. The number of nitro benzene ring substituents is 2. The van der Waals surface area contributed by atoms with Gasteiger partial charge in [-0.2, -0.15) is 0 Å². The van der Waals surface area contributed by atoms with E-state index >= 15 is 0 Å². The Kier molecular flexibility index (Phi) is 4.34. The largest absolute Gasteiger partial charge is 0.381 e. The minimum atomic E-state index is -0.663. The van der Waals surface area contributed by atoms with E-state index in [9.17, 15) is 20.2 Å². The van der Waals surface area contributed by atoms with E-state index < -0.39 is 9.85 Å². The smallest absolute Gasteiger partial charge is 0.281 e. The minimum absolute atomic E-state index is 0.177. The van der Waals surface area contributed by atoms with E-state index in [1.165, 1.54) is 12.1 Å². The van der Waals surface area contributed by atoms with Gasteiger partial charge in [0.1, 0.15) is 0 Å². The summed E-state index contributed by atoms with van der Waals surface area (Å²) < 4.78 is 0. The van der Waals surface area contributed by atoms with E-state index in [2.05, 4.69) is 5.32 Å². The van der Waals surface area contributed by atoms with Crippen molar-refractivity contribution in [3.63, 3.8) is 0 Å². The number of anilines is 1. The van der Waals surface area contributed by atoms with Crippen LogP contribution in [0.4, 0.5) is 17.1 Å². The summed E-state index contributed by atoms with van der Waals surface area (Å²) in [6, 6.07) is 10.4. The molecule has 8 heteroatoms. The van der Waals surface area contributed by atoms with Crippen molar-refractivity contribution >= 4 is 28.7 Å². The molecule has 0 atom stereocenters. The monoisotopic (exact) mass is 307 g/mol. The molecule has 0 unspecified atom stereocenters. The van der Waals surface area contributed by atoms with Crippen LogP contribution in [-0.4, -0.2) is 9.85 Å². The van der Waals surface area contributed by atoms with Crippen LogP contribution >= 0.6 is 11.6 Å². The maximum absolute atomic E-state index is 11.0. The summed E-state index contributed by atoms with van der Waals surface area (Å²) in [5.74, 6) is 0. The van der Waals surface area contributed by atoms with Gasteiger partial charge < -0.3 is 5.32 Å². The van der Waals surface area contributed by atoms with Crippen molar-refractivity contribution in [2.24, 2.45) is 0 Å². The van der Waals surface area contributed by atoms with E-state index in [-0.39, 0.29) is 17.9 Å². The first-order valence-electron chi connectivity index (χ1n) is 5.88. The number of benzene rings is 2. The van der Waals surface area contributed by atoms with Crippen LogP contribution in [0.15, 0.2) is 42.5 Å². The van der Waals surface area contributed by atoms with Crippen LogP contribution in [0.2, 0.25) is 5.02 Å². The highest BCUT2D eigenvalue weighted by Gasteiger charge is 2.18. The molecule has 0 heterocycles. The fraction of sp³-hybridized carbons (Fsp3) is 0.0769. The molecule has 0 saturated carbocycles. The topological polar surface area (TPSA) is 98.3 Å². The highest BCUT2D eigenvalue weighted by atomic mass is 35.5. The first kappa shape index (κ1) is 14.7. The molecule has 0 amide bonds. The van der Waals surface area contributed by atoms with E-state index in [4.69, 9.17) is 11.6 Å². The van der Waals surface area contributed by atoms with Gasteiger partial charge in [-0.15, -0.1) is 0 Å². The van der Waals surface area contributed by atoms with Crippen molar-refractivity contribution in [1.82, 2.24) is 0 Å². The van der Waals surface area contributed by atoms with Crippen molar-refractivity contribution in [3.8, 4) is 0 Å². The molecule has 2 rings (SSSR count). The quantitative estimate of drug-likeness (QED) is 0.669. The zero-order valence-electron chi connectivity index (χ0n) is 10.7. The van der Waals surface area contributed by atoms with Crippen molar-refractivity contribution in [2.75, 3.05) is 5.32 Å².